The molecule has 0 saturated heterocycles. The molecule has 1 aliphatic rings. The monoisotopic (exact) mass is 262 g/mol. The van der Waals surface area contributed by atoms with Gasteiger partial charge in [-0.2, -0.15) is 0 Å². The maximum absolute atomic E-state index is 11.9. The number of aryl methyl sites for hydroxylation is 1. The Labute approximate surface area is 109 Å². The van der Waals surface area contributed by atoms with Crippen molar-refractivity contribution in [1.29, 1.82) is 0 Å². The van der Waals surface area contributed by atoms with E-state index in [9.17, 15) is 4.79 Å². The first kappa shape index (κ1) is 11.5. The molecule has 4 nitrogen and oxygen atoms in total. The van der Waals surface area contributed by atoms with Crippen molar-refractivity contribution in [2.75, 3.05) is 0 Å². The molecular formula is C13H14N2O2S. The number of rotatable bonds is 4. The van der Waals surface area contributed by atoms with E-state index < -0.39 is 0 Å². The second kappa shape index (κ2) is 4.57. The van der Waals surface area contributed by atoms with Gasteiger partial charge in [-0.1, -0.05) is 5.16 Å². The fourth-order valence-electron chi connectivity index (χ4n) is 1.79. The van der Waals surface area contributed by atoms with Gasteiger partial charge >= 0.3 is 0 Å². The molecule has 1 fully saturated rings. The van der Waals surface area contributed by atoms with Crippen molar-refractivity contribution in [3.63, 3.8) is 0 Å². The molecule has 1 aliphatic carbocycles. The van der Waals surface area contributed by atoms with Crippen molar-refractivity contribution in [2.45, 2.75) is 32.2 Å². The van der Waals surface area contributed by atoms with E-state index in [0.29, 0.717) is 18.2 Å². The number of nitrogens with one attached hydrogen (secondary N) is 1. The third-order valence-corrected chi connectivity index (χ3v) is 3.96. The second-order valence-corrected chi connectivity index (χ2v) is 5.96. The van der Waals surface area contributed by atoms with Crippen molar-refractivity contribution in [3.05, 3.63) is 39.4 Å². The molecule has 5 heteroatoms. The molecule has 94 valence electrons. The Morgan fingerprint density at radius 1 is 1.56 bits per heavy atom. The minimum absolute atomic E-state index is 0.170. The van der Waals surface area contributed by atoms with Gasteiger partial charge in [-0.15, -0.1) is 11.3 Å². The highest BCUT2D eigenvalue weighted by Crippen LogP contribution is 2.40. The molecular weight excluding hydrogens is 248 g/mol. The molecule has 2 aromatic rings. The third kappa shape index (κ3) is 2.46. The Hall–Kier alpha value is -1.62. The van der Waals surface area contributed by atoms with E-state index in [-0.39, 0.29) is 5.91 Å². The van der Waals surface area contributed by atoms with Crippen LogP contribution in [0.15, 0.2) is 22.7 Å². The van der Waals surface area contributed by atoms with Crippen LogP contribution in [-0.4, -0.2) is 11.1 Å². The molecule has 0 radical (unpaired) electrons. The van der Waals surface area contributed by atoms with Crippen LogP contribution in [0.2, 0.25) is 0 Å². The van der Waals surface area contributed by atoms with Crippen LogP contribution in [-0.2, 0) is 6.54 Å². The van der Waals surface area contributed by atoms with E-state index in [1.54, 1.807) is 17.4 Å². The van der Waals surface area contributed by atoms with E-state index in [0.717, 1.165) is 23.5 Å². The van der Waals surface area contributed by atoms with Gasteiger partial charge in [0.2, 0.25) is 0 Å². The van der Waals surface area contributed by atoms with Crippen LogP contribution in [0.3, 0.4) is 0 Å². The fraction of sp³-hybridized carbons (Fsp3) is 0.385. The Bertz CT molecular complexity index is 569. The van der Waals surface area contributed by atoms with Crippen LogP contribution in [0.1, 0.15) is 44.8 Å². The number of nitrogens with zero attached hydrogens (tertiary/aromatic N) is 1. The average Bonchev–Trinajstić information content (AvgIpc) is 2.94. The molecule has 3 rings (SSSR count). The zero-order chi connectivity index (χ0) is 12.5. The maximum Gasteiger partial charge on any atom is 0.273 e. The molecule has 1 saturated carbocycles. The Morgan fingerprint density at radius 2 is 2.39 bits per heavy atom. The van der Waals surface area contributed by atoms with Crippen LogP contribution in [0.4, 0.5) is 0 Å². The predicted molar refractivity (Wildman–Crippen MR) is 68.7 cm³/mol. The number of hydrogen-bond donors (Lipinski definition) is 1. The van der Waals surface area contributed by atoms with Crippen LogP contribution in [0.5, 0.6) is 0 Å². The lowest BCUT2D eigenvalue weighted by Crippen LogP contribution is -2.22. The molecule has 0 spiro atoms. The molecule has 1 amide bonds. The van der Waals surface area contributed by atoms with Gasteiger partial charge in [0.05, 0.1) is 6.54 Å². The number of aromatic nitrogens is 1. The van der Waals surface area contributed by atoms with Gasteiger partial charge in [0.15, 0.2) is 5.69 Å². The van der Waals surface area contributed by atoms with Crippen LogP contribution < -0.4 is 5.32 Å². The summed E-state index contributed by atoms with van der Waals surface area (Å²) in [6.45, 7) is 2.60. The summed E-state index contributed by atoms with van der Waals surface area (Å²) in [5.74, 6) is 1.16. The van der Waals surface area contributed by atoms with Crippen LogP contribution in [0.25, 0.3) is 0 Å². The molecule has 0 unspecified atom stereocenters. The molecule has 0 aliphatic heterocycles. The van der Waals surface area contributed by atoms with E-state index in [1.807, 2.05) is 12.1 Å². The normalized spacial score (nSPS) is 14.7. The summed E-state index contributed by atoms with van der Waals surface area (Å²) >= 11 is 1.69. The first-order valence-electron chi connectivity index (χ1n) is 6.02. The van der Waals surface area contributed by atoms with Gasteiger partial charge in [0.25, 0.3) is 5.91 Å². The van der Waals surface area contributed by atoms with Gasteiger partial charge in [-0.05, 0) is 31.9 Å². The summed E-state index contributed by atoms with van der Waals surface area (Å²) < 4.78 is 5.16. The van der Waals surface area contributed by atoms with E-state index in [1.165, 1.54) is 4.88 Å². The summed E-state index contributed by atoms with van der Waals surface area (Å²) in [7, 11) is 0. The van der Waals surface area contributed by atoms with Gasteiger partial charge in [0.1, 0.15) is 5.76 Å². The highest BCUT2D eigenvalue weighted by molar-refractivity contribution is 7.11. The van der Waals surface area contributed by atoms with Gasteiger partial charge in [-0.25, -0.2) is 0 Å². The predicted octanol–water partition coefficient (Wildman–Crippen LogP) is 2.85. The number of carbonyl (C=O) groups is 1. The topological polar surface area (TPSA) is 55.1 Å². The van der Waals surface area contributed by atoms with E-state index in [2.05, 4.69) is 17.4 Å². The van der Waals surface area contributed by atoms with Gasteiger partial charge in [-0.3, -0.25) is 4.79 Å². The lowest BCUT2D eigenvalue weighted by atomic mass is 10.3. The van der Waals surface area contributed by atoms with E-state index >= 15 is 0 Å². The summed E-state index contributed by atoms with van der Waals surface area (Å²) in [5.41, 5.74) is 0.380. The number of carbonyl (C=O) groups excluding carboxylic acids is 1. The molecule has 2 heterocycles. The quantitative estimate of drug-likeness (QED) is 0.921. The zero-order valence-electron chi connectivity index (χ0n) is 10.1. The number of amides is 1. The summed E-state index contributed by atoms with van der Waals surface area (Å²) in [6.07, 6.45) is 2.29. The lowest BCUT2D eigenvalue weighted by molar-refractivity contribution is 0.0942. The van der Waals surface area contributed by atoms with Crippen LogP contribution in [0, 0.1) is 6.92 Å². The lowest BCUT2D eigenvalue weighted by Gasteiger charge is -1.99. The Balaban J connectivity index is 1.59. The largest absolute Gasteiger partial charge is 0.360 e. The minimum Gasteiger partial charge on any atom is -0.360 e. The molecule has 0 bridgehead atoms. The second-order valence-electron chi connectivity index (χ2n) is 4.58. The van der Waals surface area contributed by atoms with E-state index in [4.69, 9.17) is 4.52 Å². The summed E-state index contributed by atoms with van der Waals surface area (Å²) in [6, 6.07) is 5.83. The van der Waals surface area contributed by atoms with Crippen LogP contribution >= 0.6 is 11.3 Å². The molecule has 0 atom stereocenters. The maximum atomic E-state index is 11.9. The van der Waals surface area contributed by atoms with Crippen molar-refractivity contribution in [1.82, 2.24) is 10.5 Å². The molecule has 0 aromatic carbocycles. The summed E-state index contributed by atoms with van der Waals surface area (Å²) in [5, 5.41) is 6.66. The Kier molecular flexibility index (Phi) is 2.91. The number of hydrogen-bond acceptors (Lipinski definition) is 4. The zero-order valence-corrected chi connectivity index (χ0v) is 10.9. The molecule has 1 N–H and O–H groups in total. The summed E-state index contributed by atoms with van der Waals surface area (Å²) in [4.78, 5) is 14.2. The van der Waals surface area contributed by atoms with Crippen molar-refractivity contribution < 1.29 is 9.32 Å². The minimum atomic E-state index is -0.170. The third-order valence-electron chi connectivity index (χ3n) is 2.96. The standard InChI is InChI=1S/C13H14N2O2S/c1-8-2-5-10(18-8)7-14-13(16)11-6-12(17-15-11)9-3-4-9/h2,5-6,9H,3-4,7H2,1H3,(H,14,16). The molecule has 2 aromatic heterocycles. The number of thiophene rings is 1. The average molecular weight is 262 g/mol. The first-order valence-corrected chi connectivity index (χ1v) is 6.84. The molecule has 18 heavy (non-hydrogen) atoms. The van der Waals surface area contributed by atoms with Gasteiger partial charge in [0, 0.05) is 21.7 Å². The Morgan fingerprint density at radius 3 is 3.06 bits per heavy atom. The fourth-order valence-corrected chi connectivity index (χ4v) is 2.62. The first-order chi connectivity index (χ1) is 8.72. The smallest absolute Gasteiger partial charge is 0.273 e. The van der Waals surface area contributed by atoms with Gasteiger partial charge < -0.3 is 9.84 Å². The van der Waals surface area contributed by atoms with Crippen molar-refractivity contribution in [2.24, 2.45) is 0 Å². The highest BCUT2D eigenvalue weighted by Gasteiger charge is 2.28. The van der Waals surface area contributed by atoms with Crippen molar-refractivity contribution >= 4 is 17.2 Å². The highest BCUT2D eigenvalue weighted by atomic mass is 32.1. The van der Waals surface area contributed by atoms with Crippen molar-refractivity contribution in [3.8, 4) is 0 Å². The SMILES string of the molecule is Cc1ccc(CNC(=O)c2cc(C3CC3)on2)s1.